The Kier molecular flexibility index (Phi) is 2.17. The average molecular weight is 209 g/mol. The molecule has 3 nitrogen and oxygen atoms in total. The maximum absolute atomic E-state index is 9.31. The van der Waals surface area contributed by atoms with Gasteiger partial charge in [-0.3, -0.25) is 0 Å². The van der Waals surface area contributed by atoms with E-state index in [9.17, 15) is 5.11 Å². The lowest BCUT2D eigenvalue weighted by Gasteiger charge is -2.02. The molecule has 0 saturated heterocycles. The third kappa shape index (κ3) is 1.46. The van der Waals surface area contributed by atoms with Crippen LogP contribution < -0.4 is 0 Å². The van der Waals surface area contributed by atoms with Gasteiger partial charge in [0.25, 0.3) is 0 Å². The molecule has 0 radical (unpaired) electrons. The summed E-state index contributed by atoms with van der Waals surface area (Å²) in [5.41, 5.74) is 1.78. The second-order valence-electron chi connectivity index (χ2n) is 3.02. The van der Waals surface area contributed by atoms with Gasteiger partial charge in [-0.15, -0.1) is 0 Å². The number of aromatic hydroxyl groups is 1. The van der Waals surface area contributed by atoms with Crippen molar-refractivity contribution < 1.29 is 5.11 Å². The molecule has 0 unspecified atom stereocenters. The number of nitrogens with zero attached hydrogens (tertiary/aromatic N) is 2. The maximum atomic E-state index is 9.31. The van der Waals surface area contributed by atoms with Crippen LogP contribution in [0.15, 0.2) is 30.5 Å². The second-order valence-corrected chi connectivity index (χ2v) is 3.36. The largest absolute Gasteiger partial charge is 0.508 e. The summed E-state index contributed by atoms with van der Waals surface area (Å²) in [6.45, 7) is 0. The lowest BCUT2D eigenvalue weighted by molar-refractivity contribution is 0.475. The lowest BCUT2D eigenvalue weighted by Crippen LogP contribution is -1.90. The molecule has 0 bridgehead atoms. The Hall–Kier alpha value is -1.48. The summed E-state index contributed by atoms with van der Waals surface area (Å²) >= 11 is 5.81. The zero-order valence-electron chi connectivity index (χ0n) is 7.61. The zero-order valence-corrected chi connectivity index (χ0v) is 8.36. The molecular weight excluding hydrogens is 200 g/mol. The monoisotopic (exact) mass is 208 g/mol. The fourth-order valence-electron chi connectivity index (χ4n) is 1.32. The molecule has 2 aromatic rings. The van der Waals surface area contributed by atoms with E-state index in [0.717, 1.165) is 11.3 Å². The number of phenols is 1. The van der Waals surface area contributed by atoms with Gasteiger partial charge in [0.15, 0.2) is 0 Å². The molecule has 1 aromatic carbocycles. The van der Waals surface area contributed by atoms with Crippen molar-refractivity contribution in [3.05, 3.63) is 35.7 Å². The quantitative estimate of drug-likeness (QED) is 0.782. The summed E-state index contributed by atoms with van der Waals surface area (Å²) in [5.74, 6) is 0.236. The lowest BCUT2D eigenvalue weighted by atomic mass is 10.1. The highest BCUT2D eigenvalue weighted by Gasteiger charge is 2.06. The van der Waals surface area contributed by atoms with E-state index in [-0.39, 0.29) is 5.75 Å². The molecule has 4 heteroatoms. The smallest absolute Gasteiger partial charge is 0.202 e. The van der Waals surface area contributed by atoms with E-state index in [2.05, 4.69) is 4.98 Å². The Balaban J connectivity index is 2.55. The van der Waals surface area contributed by atoms with Crippen molar-refractivity contribution in [3.63, 3.8) is 0 Å². The van der Waals surface area contributed by atoms with E-state index >= 15 is 0 Å². The second kappa shape index (κ2) is 3.35. The minimum atomic E-state index is 0.236. The molecule has 0 spiro atoms. The first-order valence-corrected chi connectivity index (χ1v) is 4.53. The summed E-state index contributed by atoms with van der Waals surface area (Å²) in [6.07, 6.45) is 1.68. The van der Waals surface area contributed by atoms with E-state index in [4.69, 9.17) is 11.6 Å². The van der Waals surface area contributed by atoms with Gasteiger partial charge in [-0.05, 0) is 23.7 Å². The predicted molar refractivity (Wildman–Crippen MR) is 55.3 cm³/mol. The Bertz CT molecular complexity index is 465. The zero-order chi connectivity index (χ0) is 10.1. The average Bonchev–Trinajstić information content (AvgIpc) is 2.48. The number of rotatable bonds is 1. The van der Waals surface area contributed by atoms with Crippen molar-refractivity contribution in [1.29, 1.82) is 0 Å². The van der Waals surface area contributed by atoms with Crippen LogP contribution >= 0.6 is 11.6 Å². The van der Waals surface area contributed by atoms with Crippen LogP contribution in [0.5, 0.6) is 5.75 Å². The van der Waals surface area contributed by atoms with E-state index < -0.39 is 0 Å². The molecule has 0 aliphatic carbocycles. The molecule has 0 atom stereocenters. The molecule has 1 N–H and O–H groups in total. The molecule has 1 aromatic heterocycles. The van der Waals surface area contributed by atoms with Crippen molar-refractivity contribution in [3.8, 4) is 17.0 Å². The number of benzene rings is 1. The topological polar surface area (TPSA) is 38.0 Å². The fraction of sp³-hybridized carbons (Fsp3) is 0.100. The van der Waals surface area contributed by atoms with Crippen LogP contribution in [-0.4, -0.2) is 14.7 Å². The Morgan fingerprint density at radius 3 is 2.79 bits per heavy atom. The Labute approximate surface area is 86.6 Å². The summed E-state index contributed by atoms with van der Waals surface area (Å²) in [5, 5.41) is 9.74. The van der Waals surface area contributed by atoms with Gasteiger partial charge in [0.1, 0.15) is 5.75 Å². The highest BCUT2D eigenvalue weighted by Crippen LogP contribution is 2.24. The van der Waals surface area contributed by atoms with Crippen LogP contribution in [-0.2, 0) is 7.05 Å². The van der Waals surface area contributed by atoms with Crippen LogP contribution in [0.4, 0.5) is 0 Å². The van der Waals surface area contributed by atoms with Gasteiger partial charge in [0, 0.05) is 12.6 Å². The Morgan fingerprint density at radius 1 is 1.43 bits per heavy atom. The number of imidazole rings is 1. The molecule has 1 heterocycles. The third-order valence-corrected chi connectivity index (χ3v) is 2.42. The van der Waals surface area contributed by atoms with E-state index in [1.54, 1.807) is 29.0 Å². The number of halogens is 1. The maximum Gasteiger partial charge on any atom is 0.202 e. The van der Waals surface area contributed by atoms with Crippen LogP contribution in [0, 0.1) is 0 Å². The van der Waals surface area contributed by atoms with Gasteiger partial charge in [0.2, 0.25) is 5.28 Å². The van der Waals surface area contributed by atoms with Gasteiger partial charge in [0.05, 0.1) is 11.9 Å². The Morgan fingerprint density at radius 2 is 2.21 bits per heavy atom. The normalized spacial score (nSPS) is 10.4. The number of aromatic nitrogens is 2. The molecule has 0 aliphatic heterocycles. The van der Waals surface area contributed by atoms with E-state index in [1.807, 2.05) is 13.1 Å². The van der Waals surface area contributed by atoms with Crippen molar-refractivity contribution in [2.45, 2.75) is 0 Å². The molecule has 2 rings (SSSR count). The third-order valence-electron chi connectivity index (χ3n) is 2.07. The number of hydrogen-bond donors (Lipinski definition) is 1. The minimum Gasteiger partial charge on any atom is -0.508 e. The van der Waals surface area contributed by atoms with Crippen LogP contribution in [0.3, 0.4) is 0 Å². The molecular formula is C10H9ClN2O. The molecule has 0 saturated carbocycles. The van der Waals surface area contributed by atoms with Crippen molar-refractivity contribution in [2.24, 2.45) is 7.05 Å². The van der Waals surface area contributed by atoms with E-state index in [1.165, 1.54) is 0 Å². The van der Waals surface area contributed by atoms with Crippen molar-refractivity contribution in [1.82, 2.24) is 9.55 Å². The summed E-state index contributed by atoms with van der Waals surface area (Å²) in [7, 11) is 1.83. The first kappa shape index (κ1) is 9.09. The molecule has 14 heavy (non-hydrogen) atoms. The molecule has 72 valence electrons. The van der Waals surface area contributed by atoms with Crippen molar-refractivity contribution >= 4 is 11.6 Å². The number of hydrogen-bond acceptors (Lipinski definition) is 2. The van der Waals surface area contributed by atoms with Gasteiger partial charge in [-0.1, -0.05) is 12.1 Å². The standard InChI is InChI=1S/C10H9ClN2O/c1-13-9(6-12-10(13)11)7-3-2-4-8(14)5-7/h2-6,14H,1H3. The SMILES string of the molecule is Cn1c(-c2cccc(O)c2)cnc1Cl. The summed E-state index contributed by atoms with van der Waals surface area (Å²) < 4.78 is 1.76. The molecule has 0 aliphatic rings. The fourth-order valence-corrected chi connectivity index (χ4v) is 1.46. The van der Waals surface area contributed by atoms with Crippen LogP contribution in [0.25, 0.3) is 11.3 Å². The van der Waals surface area contributed by atoms with Crippen LogP contribution in [0.1, 0.15) is 0 Å². The summed E-state index contributed by atoms with van der Waals surface area (Å²) in [6, 6.07) is 6.98. The number of phenolic OH excluding ortho intramolecular Hbond substituents is 1. The highest BCUT2D eigenvalue weighted by atomic mass is 35.5. The summed E-state index contributed by atoms with van der Waals surface area (Å²) in [4.78, 5) is 3.97. The predicted octanol–water partition coefficient (Wildman–Crippen LogP) is 2.45. The first-order valence-electron chi connectivity index (χ1n) is 4.15. The van der Waals surface area contributed by atoms with Crippen molar-refractivity contribution in [2.75, 3.05) is 0 Å². The van der Waals surface area contributed by atoms with Gasteiger partial charge < -0.3 is 9.67 Å². The van der Waals surface area contributed by atoms with Gasteiger partial charge >= 0.3 is 0 Å². The van der Waals surface area contributed by atoms with E-state index in [0.29, 0.717) is 5.28 Å². The highest BCUT2D eigenvalue weighted by molar-refractivity contribution is 6.28. The first-order chi connectivity index (χ1) is 6.68. The van der Waals surface area contributed by atoms with Crippen LogP contribution in [0.2, 0.25) is 5.28 Å². The molecule has 0 amide bonds. The minimum absolute atomic E-state index is 0.236. The molecule has 0 fully saturated rings. The van der Waals surface area contributed by atoms with Gasteiger partial charge in [-0.2, -0.15) is 0 Å². The van der Waals surface area contributed by atoms with Gasteiger partial charge in [-0.25, -0.2) is 4.98 Å².